The van der Waals surface area contributed by atoms with Gasteiger partial charge in [-0.25, -0.2) is 0 Å². The number of quaternary nitrogens is 1. The zero-order valence-electron chi connectivity index (χ0n) is 11.4. The second-order valence-electron chi connectivity index (χ2n) is 6.60. The van der Waals surface area contributed by atoms with Gasteiger partial charge in [0.15, 0.2) is 0 Å². The van der Waals surface area contributed by atoms with Gasteiger partial charge in [-0.1, -0.05) is 25.7 Å². The quantitative estimate of drug-likeness (QED) is 0.415. The molecule has 2 atom stereocenters. The van der Waals surface area contributed by atoms with Crippen molar-refractivity contribution in [3.63, 3.8) is 0 Å². The molecule has 1 aromatic rings. The molecule has 0 spiro atoms. The van der Waals surface area contributed by atoms with Crippen LogP contribution in [0.5, 0.6) is 0 Å². The van der Waals surface area contributed by atoms with Crippen molar-refractivity contribution in [1.82, 2.24) is 0 Å². The fourth-order valence-electron chi connectivity index (χ4n) is 3.32. The lowest BCUT2D eigenvalue weighted by atomic mass is 10.2. The molecule has 0 N–H and O–H groups in total. The Morgan fingerprint density at radius 1 is 1.41 bits per heavy atom. The van der Waals surface area contributed by atoms with E-state index in [0.717, 1.165) is 6.04 Å². The molecule has 0 bridgehead atoms. The Morgan fingerprint density at radius 2 is 2.12 bits per heavy atom. The molecular weight excluding hydrogens is 357 g/mol. The molecule has 1 aliphatic rings. The normalized spacial score (nSPS) is 29.1. The van der Waals surface area contributed by atoms with Gasteiger partial charge in [0.05, 0.1) is 24.6 Å². The molecule has 0 radical (unpaired) electrons. The van der Waals surface area contributed by atoms with Gasteiger partial charge in [-0.3, -0.25) is 0 Å². The summed E-state index contributed by atoms with van der Waals surface area (Å²) in [5.41, 5.74) is 0. The molecule has 1 fully saturated rings. The Kier molecular flexibility index (Phi) is 5.26. The van der Waals surface area contributed by atoms with Crippen LogP contribution in [0.25, 0.3) is 0 Å². The number of nitrogens with zero attached hydrogens (tertiary/aromatic N) is 1. The van der Waals surface area contributed by atoms with Gasteiger partial charge >= 0.3 is 0 Å². The summed E-state index contributed by atoms with van der Waals surface area (Å²) >= 11 is 1.95. The number of rotatable bonds is 3. The van der Waals surface area contributed by atoms with Crippen molar-refractivity contribution < 1.29 is 28.5 Å². The van der Waals surface area contributed by atoms with E-state index in [1.54, 1.807) is 4.88 Å². The highest BCUT2D eigenvalue weighted by atomic mass is 127. The zero-order chi connectivity index (χ0) is 11.8. The average Bonchev–Trinajstić information content (AvgIpc) is 2.69. The minimum absolute atomic E-state index is 0. The minimum atomic E-state index is -0.972. The number of hydrogen-bond donors (Lipinski definition) is 0. The summed E-state index contributed by atoms with van der Waals surface area (Å²) in [7, 11) is 1.51. The first-order chi connectivity index (χ1) is 7.41. The van der Waals surface area contributed by atoms with Gasteiger partial charge in [0, 0.05) is 12.8 Å². The van der Waals surface area contributed by atoms with Gasteiger partial charge in [-0.2, -0.15) is 0 Å². The molecule has 4 heteroatoms. The molecule has 98 valence electrons. The van der Waals surface area contributed by atoms with E-state index in [-0.39, 0.29) is 24.0 Å². The van der Waals surface area contributed by atoms with E-state index in [4.69, 9.17) is 0 Å². The van der Waals surface area contributed by atoms with Crippen molar-refractivity contribution in [3.05, 3.63) is 22.4 Å². The standard InChI is InChI=1S/C13H24NSSi.HI/c1-14(11-16(2,3)4)9-5-7-12(14)13-8-6-10-15-13;/h6,8,10,12H,5,7,9,11H2,1-4H3;1H/q+1;/p-1/t12-,14-;/m1./s1. The van der Waals surface area contributed by atoms with E-state index in [1.165, 1.54) is 30.0 Å². The highest BCUT2D eigenvalue weighted by molar-refractivity contribution is 7.10. The molecule has 1 nitrogen and oxygen atoms in total. The lowest BCUT2D eigenvalue weighted by Crippen LogP contribution is -3.00. The van der Waals surface area contributed by atoms with Crippen LogP contribution in [0.4, 0.5) is 0 Å². The van der Waals surface area contributed by atoms with Gasteiger partial charge in [0.1, 0.15) is 14.1 Å². The molecule has 1 aromatic heterocycles. The van der Waals surface area contributed by atoms with Crippen molar-refractivity contribution >= 4 is 19.4 Å². The van der Waals surface area contributed by atoms with Gasteiger partial charge < -0.3 is 28.5 Å². The molecule has 0 aliphatic carbocycles. The van der Waals surface area contributed by atoms with E-state index in [9.17, 15) is 0 Å². The topological polar surface area (TPSA) is 0 Å². The van der Waals surface area contributed by atoms with Crippen LogP contribution in [-0.2, 0) is 0 Å². The van der Waals surface area contributed by atoms with E-state index in [0.29, 0.717) is 0 Å². The third-order valence-corrected chi connectivity index (χ3v) is 6.25. The number of halogens is 1. The van der Waals surface area contributed by atoms with E-state index < -0.39 is 8.07 Å². The van der Waals surface area contributed by atoms with E-state index in [1.807, 2.05) is 11.3 Å². The highest BCUT2D eigenvalue weighted by Gasteiger charge is 2.42. The van der Waals surface area contributed by atoms with Crippen LogP contribution < -0.4 is 24.0 Å². The molecule has 0 saturated carbocycles. The number of hydrogen-bond acceptors (Lipinski definition) is 1. The average molecular weight is 381 g/mol. The smallest absolute Gasteiger partial charge is 0.124 e. The predicted octanol–water partition coefficient (Wildman–Crippen LogP) is 0.911. The van der Waals surface area contributed by atoms with Crippen LogP contribution in [0, 0.1) is 0 Å². The second-order valence-corrected chi connectivity index (χ2v) is 13.0. The maximum Gasteiger partial charge on any atom is 0.124 e. The highest BCUT2D eigenvalue weighted by Crippen LogP contribution is 2.40. The number of thiophene rings is 1. The van der Waals surface area contributed by atoms with E-state index >= 15 is 0 Å². The molecule has 1 saturated heterocycles. The first-order valence-electron chi connectivity index (χ1n) is 6.28. The Hall–Kier alpha value is 0.607. The molecule has 2 rings (SSSR count). The molecule has 0 aromatic carbocycles. The molecular formula is C13H24INSSi. The Labute approximate surface area is 128 Å². The Morgan fingerprint density at radius 3 is 2.65 bits per heavy atom. The van der Waals surface area contributed by atoms with Gasteiger partial charge in [-0.15, -0.1) is 11.3 Å². The van der Waals surface area contributed by atoms with Crippen LogP contribution >= 0.6 is 11.3 Å². The monoisotopic (exact) mass is 381 g/mol. The summed E-state index contributed by atoms with van der Waals surface area (Å²) in [6.45, 7) is 8.88. The molecule has 17 heavy (non-hydrogen) atoms. The van der Waals surface area contributed by atoms with E-state index in [2.05, 4.69) is 44.2 Å². The first kappa shape index (κ1) is 15.7. The van der Waals surface area contributed by atoms with Crippen LogP contribution in [-0.4, -0.2) is 32.3 Å². The van der Waals surface area contributed by atoms with Crippen LogP contribution in [0.3, 0.4) is 0 Å². The largest absolute Gasteiger partial charge is 1.00 e. The summed E-state index contributed by atoms with van der Waals surface area (Å²) < 4.78 is 1.30. The SMILES string of the molecule is C[N@+]1(C[Si](C)(C)C)CCC[C@@H]1c1cccs1.[I-]. The molecule has 1 aliphatic heterocycles. The Balaban J connectivity index is 0.00000144. The summed E-state index contributed by atoms with van der Waals surface area (Å²) in [6, 6.07) is 5.32. The van der Waals surface area contributed by atoms with Crippen LogP contribution in [0.2, 0.25) is 19.6 Å². The number of likely N-dealkylation sites (tertiary alicyclic amines) is 1. The fraction of sp³-hybridized carbons (Fsp3) is 0.692. The summed E-state index contributed by atoms with van der Waals surface area (Å²) in [5.74, 6) is 0. The van der Waals surface area contributed by atoms with Crippen molar-refractivity contribution in [1.29, 1.82) is 0 Å². The summed E-state index contributed by atoms with van der Waals surface area (Å²) in [6.07, 6.45) is 4.22. The molecule has 2 heterocycles. The van der Waals surface area contributed by atoms with Gasteiger partial charge in [0.25, 0.3) is 0 Å². The second kappa shape index (κ2) is 5.71. The molecule has 0 amide bonds. The minimum Gasteiger partial charge on any atom is -1.00 e. The zero-order valence-corrected chi connectivity index (χ0v) is 15.3. The fourth-order valence-corrected chi connectivity index (χ4v) is 6.86. The van der Waals surface area contributed by atoms with Crippen LogP contribution in [0.1, 0.15) is 23.8 Å². The van der Waals surface area contributed by atoms with Crippen molar-refractivity contribution in [2.75, 3.05) is 19.8 Å². The molecule has 0 unspecified atom stereocenters. The van der Waals surface area contributed by atoms with Crippen LogP contribution in [0.15, 0.2) is 17.5 Å². The lowest BCUT2D eigenvalue weighted by molar-refractivity contribution is -0.917. The predicted molar refractivity (Wildman–Crippen MR) is 75.6 cm³/mol. The lowest BCUT2D eigenvalue weighted by Gasteiger charge is -2.40. The Bertz CT molecular complexity index is 347. The maximum atomic E-state index is 2.50. The third-order valence-electron chi connectivity index (χ3n) is 3.61. The van der Waals surface area contributed by atoms with Crippen molar-refractivity contribution in [2.24, 2.45) is 0 Å². The maximum absolute atomic E-state index is 2.50. The third kappa shape index (κ3) is 3.78. The summed E-state index contributed by atoms with van der Waals surface area (Å²) in [5, 5.41) is 2.23. The van der Waals surface area contributed by atoms with Gasteiger partial charge in [0.2, 0.25) is 0 Å². The summed E-state index contributed by atoms with van der Waals surface area (Å²) in [4.78, 5) is 1.61. The van der Waals surface area contributed by atoms with Gasteiger partial charge in [-0.05, 0) is 11.4 Å². The van der Waals surface area contributed by atoms with Crippen molar-refractivity contribution in [2.45, 2.75) is 38.5 Å². The first-order valence-corrected chi connectivity index (χ1v) is 10.9. The van der Waals surface area contributed by atoms with Crippen molar-refractivity contribution in [3.8, 4) is 0 Å².